The van der Waals surface area contributed by atoms with Gasteiger partial charge in [-0.15, -0.1) is 11.8 Å². The molecule has 94 valence electrons. The fourth-order valence-corrected chi connectivity index (χ4v) is 5.42. The second kappa shape index (κ2) is 4.88. The first kappa shape index (κ1) is 12.7. The molecule has 0 saturated carbocycles. The third-order valence-electron chi connectivity index (χ3n) is 2.62. The van der Waals surface area contributed by atoms with E-state index >= 15 is 0 Å². The number of ether oxygens (including phenoxy) is 1. The van der Waals surface area contributed by atoms with Gasteiger partial charge in [0, 0.05) is 4.90 Å². The SMILES string of the molecule is COc1ccccc1SC1CS(=O)(=O)CC1O. The zero-order chi connectivity index (χ0) is 12.5. The van der Waals surface area contributed by atoms with Crippen molar-refractivity contribution >= 4 is 21.6 Å². The predicted octanol–water partition coefficient (Wildman–Crippen LogP) is 0.945. The summed E-state index contributed by atoms with van der Waals surface area (Å²) in [6, 6.07) is 7.39. The molecule has 1 fully saturated rings. The number of hydrogen-bond donors (Lipinski definition) is 1. The third-order valence-corrected chi connectivity index (χ3v) is 5.92. The first-order valence-corrected chi connectivity index (χ1v) is 7.90. The normalized spacial score (nSPS) is 26.9. The van der Waals surface area contributed by atoms with Crippen molar-refractivity contribution < 1.29 is 18.3 Å². The molecule has 2 atom stereocenters. The van der Waals surface area contributed by atoms with E-state index in [-0.39, 0.29) is 16.8 Å². The highest BCUT2D eigenvalue weighted by Crippen LogP contribution is 2.36. The largest absolute Gasteiger partial charge is 0.496 e. The van der Waals surface area contributed by atoms with Crippen LogP contribution in [0.25, 0.3) is 0 Å². The number of thioether (sulfide) groups is 1. The van der Waals surface area contributed by atoms with Gasteiger partial charge in [0.05, 0.1) is 30.0 Å². The van der Waals surface area contributed by atoms with E-state index in [1.165, 1.54) is 11.8 Å². The summed E-state index contributed by atoms with van der Waals surface area (Å²) in [6.45, 7) is 0. The Hall–Kier alpha value is -0.720. The lowest BCUT2D eigenvalue weighted by Gasteiger charge is -2.14. The van der Waals surface area contributed by atoms with Crippen LogP contribution in [0.1, 0.15) is 0 Å². The first-order chi connectivity index (χ1) is 8.02. The van der Waals surface area contributed by atoms with Crippen LogP contribution < -0.4 is 4.74 Å². The minimum Gasteiger partial charge on any atom is -0.496 e. The first-order valence-electron chi connectivity index (χ1n) is 5.20. The van der Waals surface area contributed by atoms with Gasteiger partial charge in [-0.3, -0.25) is 0 Å². The number of para-hydroxylation sites is 1. The summed E-state index contributed by atoms with van der Waals surface area (Å²) >= 11 is 1.36. The van der Waals surface area contributed by atoms with Gasteiger partial charge in [0.1, 0.15) is 5.75 Å². The van der Waals surface area contributed by atoms with Gasteiger partial charge in [0.2, 0.25) is 0 Å². The lowest BCUT2D eigenvalue weighted by atomic mass is 10.3. The number of sulfone groups is 1. The molecule has 1 aliphatic rings. The van der Waals surface area contributed by atoms with E-state index in [1.807, 2.05) is 24.3 Å². The number of benzene rings is 1. The molecule has 0 aromatic heterocycles. The van der Waals surface area contributed by atoms with Crippen molar-refractivity contribution in [2.24, 2.45) is 0 Å². The van der Waals surface area contributed by atoms with Crippen molar-refractivity contribution in [1.29, 1.82) is 0 Å². The molecule has 1 aromatic rings. The quantitative estimate of drug-likeness (QED) is 0.889. The van der Waals surface area contributed by atoms with Crippen molar-refractivity contribution in [3.63, 3.8) is 0 Å². The molecule has 4 nitrogen and oxygen atoms in total. The van der Waals surface area contributed by atoms with Crippen LogP contribution in [0.4, 0.5) is 0 Å². The summed E-state index contributed by atoms with van der Waals surface area (Å²) in [4.78, 5) is 0.858. The van der Waals surface area contributed by atoms with Crippen LogP contribution in [0.15, 0.2) is 29.2 Å². The van der Waals surface area contributed by atoms with Gasteiger partial charge >= 0.3 is 0 Å². The summed E-state index contributed by atoms with van der Waals surface area (Å²) in [5, 5.41) is 9.40. The van der Waals surface area contributed by atoms with Crippen molar-refractivity contribution in [3.8, 4) is 5.75 Å². The van der Waals surface area contributed by atoms with Crippen LogP contribution in [-0.2, 0) is 9.84 Å². The third kappa shape index (κ3) is 2.94. The standard InChI is InChI=1S/C11H14O4S2/c1-15-9-4-2-3-5-10(9)16-11-7-17(13,14)6-8(11)12/h2-5,8,11-12H,6-7H2,1H3. The summed E-state index contributed by atoms with van der Waals surface area (Å²) in [6.07, 6.45) is -0.796. The summed E-state index contributed by atoms with van der Waals surface area (Å²) < 4.78 is 28.0. The number of hydrogen-bond acceptors (Lipinski definition) is 5. The van der Waals surface area contributed by atoms with Gasteiger partial charge < -0.3 is 9.84 Å². The Morgan fingerprint density at radius 2 is 2.06 bits per heavy atom. The zero-order valence-electron chi connectivity index (χ0n) is 9.37. The highest BCUT2D eigenvalue weighted by atomic mass is 32.2. The molecular weight excluding hydrogens is 260 g/mol. The smallest absolute Gasteiger partial charge is 0.154 e. The van der Waals surface area contributed by atoms with Crippen molar-refractivity contribution in [3.05, 3.63) is 24.3 Å². The predicted molar refractivity (Wildman–Crippen MR) is 67.3 cm³/mol. The summed E-state index contributed by atoms with van der Waals surface area (Å²) in [7, 11) is -1.53. The number of aliphatic hydroxyl groups excluding tert-OH is 1. The maximum Gasteiger partial charge on any atom is 0.154 e. The molecule has 1 aromatic carbocycles. The summed E-state index contributed by atoms with van der Waals surface area (Å²) in [5.41, 5.74) is 0. The Morgan fingerprint density at radius 3 is 2.65 bits per heavy atom. The lowest BCUT2D eigenvalue weighted by molar-refractivity contribution is 0.207. The van der Waals surface area contributed by atoms with E-state index in [9.17, 15) is 13.5 Å². The Labute approximate surface area is 105 Å². The van der Waals surface area contributed by atoms with Crippen LogP contribution in [0, 0.1) is 0 Å². The molecule has 0 radical (unpaired) electrons. The molecule has 2 unspecified atom stereocenters. The maximum atomic E-state index is 11.4. The maximum absolute atomic E-state index is 11.4. The van der Waals surface area contributed by atoms with Gasteiger partial charge in [-0.2, -0.15) is 0 Å². The molecule has 0 aliphatic carbocycles. The van der Waals surface area contributed by atoms with Gasteiger partial charge in [-0.1, -0.05) is 12.1 Å². The second-order valence-corrected chi connectivity index (χ2v) is 7.39. The fraction of sp³-hybridized carbons (Fsp3) is 0.455. The average molecular weight is 274 g/mol. The summed E-state index contributed by atoms with van der Waals surface area (Å²) in [5.74, 6) is 0.588. The van der Waals surface area contributed by atoms with E-state index in [1.54, 1.807) is 7.11 Å². The molecule has 1 saturated heterocycles. The van der Waals surface area contributed by atoms with E-state index in [0.717, 1.165) is 4.90 Å². The number of rotatable bonds is 3. The fourth-order valence-electron chi connectivity index (χ4n) is 1.79. The van der Waals surface area contributed by atoms with E-state index in [4.69, 9.17) is 4.74 Å². The average Bonchev–Trinajstić information content (AvgIpc) is 2.52. The minimum absolute atomic E-state index is 0.0247. The monoisotopic (exact) mass is 274 g/mol. The molecule has 1 heterocycles. The molecule has 17 heavy (non-hydrogen) atoms. The van der Waals surface area contributed by atoms with Crippen LogP contribution >= 0.6 is 11.8 Å². The van der Waals surface area contributed by atoms with E-state index in [2.05, 4.69) is 0 Å². The lowest BCUT2D eigenvalue weighted by Crippen LogP contribution is -2.19. The van der Waals surface area contributed by atoms with Crippen LogP contribution in [0.3, 0.4) is 0 Å². The van der Waals surface area contributed by atoms with Crippen LogP contribution in [-0.4, -0.2) is 43.5 Å². The molecule has 1 aliphatic heterocycles. The van der Waals surface area contributed by atoms with E-state index < -0.39 is 15.9 Å². The van der Waals surface area contributed by atoms with Crippen molar-refractivity contribution in [2.75, 3.05) is 18.6 Å². The second-order valence-electron chi connectivity index (χ2n) is 3.95. The van der Waals surface area contributed by atoms with Gasteiger partial charge in [0.25, 0.3) is 0 Å². The number of methoxy groups -OCH3 is 1. The zero-order valence-corrected chi connectivity index (χ0v) is 11.0. The van der Waals surface area contributed by atoms with Gasteiger partial charge in [-0.25, -0.2) is 8.42 Å². The topological polar surface area (TPSA) is 63.6 Å². The minimum atomic E-state index is -3.10. The van der Waals surface area contributed by atoms with Crippen LogP contribution in [0.5, 0.6) is 5.75 Å². The van der Waals surface area contributed by atoms with Crippen LogP contribution in [0.2, 0.25) is 0 Å². The molecule has 0 amide bonds. The van der Waals surface area contributed by atoms with Gasteiger partial charge in [-0.05, 0) is 12.1 Å². The Morgan fingerprint density at radius 1 is 1.35 bits per heavy atom. The molecular formula is C11H14O4S2. The van der Waals surface area contributed by atoms with Crippen molar-refractivity contribution in [2.45, 2.75) is 16.2 Å². The highest BCUT2D eigenvalue weighted by molar-refractivity contribution is 8.02. The van der Waals surface area contributed by atoms with Crippen molar-refractivity contribution in [1.82, 2.24) is 0 Å². The molecule has 0 spiro atoms. The molecule has 6 heteroatoms. The highest BCUT2D eigenvalue weighted by Gasteiger charge is 2.37. The Bertz CT molecular complexity index is 498. The Kier molecular flexibility index (Phi) is 3.65. The van der Waals surface area contributed by atoms with E-state index in [0.29, 0.717) is 5.75 Å². The molecule has 1 N–H and O–H groups in total. The Balaban J connectivity index is 2.16. The molecule has 2 rings (SSSR count). The van der Waals surface area contributed by atoms with Gasteiger partial charge in [0.15, 0.2) is 9.84 Å². The number of aliphatic hydroxyl groups is 1. The molecule has 0 bridgehead atoms.